The third-order valence-corrected chi connectivity index (χ3v) is 4.62. The molecule has 0 aliphatic carbocycles. The van der Waals surface area contributed by atoms with Crippen molar-refractivity contribution in [1.29, 1.82) is 0 Å². The van der Waals surface area contributed by atoms with E-state index in [0.717, 1.165) is 25.1 Å². The first-order chi connectivity index (χ1) is 12.1. The molecule has 0 saturated carbocycles. The molecular weight excluding hydrogens is 346 g/mol. The predicted molar refractivity (Wildman–Crippen MR) is 111 cm³/mol. The van der Waals surface area contributed by atoms with Crippen LogP contribution >= 0.6 is 12.4 Å². The number of carbonyl (C=O) groups excluding carboxylic acids is 1. The topological polar surface area (TPSA) is 49.6 Å². The number of carbonyl (C=O) groups is 1. The Morgan fingerprint density at radius 2 is 1.58 bits per heavy atom. The highest BCUT2D eigenvalue weighted by Gasteiger charge is 2.19. The van der Waals surface area contributed by atoms with Gasteiger partial charge >= 0.3 is 0 Å². The Bertz CT molecular complexity index is 636. The van der Waals surface area contributed by atoms with Crippen molar-refractivity contribution in [2.45, 2.75) is 19.4 Å². The summed E-state index contributed by atoms with van der Waals surface area (Å²) in [6.07, 6.45) is 0.923. The summed E-state index contributed by atoms with van der Waals surface area (Å²) in [5.41, 5.74) is 8.16. The van der Waals surface area contributed by atoms with Gasteiger partial charge in [0.2, 0.25) is 5.91 Å². The van der Waals surface area contributed by atoms with E-state index in [1.807, 2.05) is 48.3 Å². The number of hydrogen-bond acceptors (Lipinski definition) is 3. The van der Waals surface area contributed by atoms with Crippen LogP contribution in [-0.4, -0.2) is 48.9 Å². The largest absolute Gasteiger partial charge is 0.338 e. The average Bonchev–Trinajstić information content (AvgIpc) is 2.66. The number of rotatable bonds is 9. The van der Waals surface area contributed by atoms with Gasteiger partial charge in [-0.2, -0.15) is 0 Å². The summed E-state index contributed by atoms with van der Waals surface area (Å²) in [4.78, 5) is 16.7. The number of benzene rings is 2. The summed E-state index contributed by atoms with van der Waals surface area (Å²) in [6.45, 7) is 4.58. The fraction of sp³-hybridized carbons (Fsp3) is 0.381. The molecular formula is C21H30ClN3O. The molecule has 0 bridgehead atoms. The molecule has 5 heteroatoms. The first-order valence-corrected chi connectivity index (χ1v) is 8.88. The lowest BCUT2D eigenvalue weighted by atomic mass is 10.1. The Hall–Kier alpha value is -1.88. The van der Waals surface area contributed by atoms with Gasteiger partial charge in [0, 0.05) is 26.7 Å². The molecule has 1 amide bonds. The summed E-state index contributed by atoms with van der Waals surface area (Å²) in [7, 11) is 1.87. The zero-order valence-corrected chi connectivity index (χ0v) is 16.5. The van der Waals surface area contributed by atoms with Crippen molar-refractivity contribution in [1.82, 2.24) is 9.80 Å². The minimum atomic E-state index is 0. The molecule has 2 rings (SSSR count). The van der Waals surface area contributed by atoms with Crippen LogP contribution in [0.15, 0.2) is 60.7 Å². The molecule has 26 heavy (non-hydrogen) atoms. The number of likely N-dealkylation sites (N-methyl/N-ethyl adjacent to an activating group) is 1. The number of nitrogens with two attached hydrogens (primary N) is 1. The predicted octanol–water partition coefficient (Wildman–Crippen LogP) is 3.13. The van der Waals surface area contributed by atoms with Crippen LogP contribution in [0.3, 0.4) is 0 Å². The second kappa shape index (κ2) is 11.7. The summed E-state index contributed by atoms with van der Waals surface area (Å²) < 4.78 is 0. The number of hydrogen-bond donors (Lipinski definition) is 1. The third kappa shape index (κ3) is 6.79. The Labute approximate surface area is 163 Å². The molecule has 0 saturated heterocycles. The third-order valence-electron chi connectivity index (χ3n) is 4.62. The molecule has 0 radical (unpaired) electrons. The maximum Gasteiger partial charge on any atom is 0.236 e. The normalized spacial score (nSPS) is 11.7. The molecule has 0 aliphatic heterocycles. The van der Waals surface area contributed by atoms with E-state index in [4.69, 9.17) is 5.73 Å². The molecule has 0 heterocycles. The highest BCUT2D eigenvalue weighted by molar-refractivity contribution is 5.85. The molecule has 0 aliphatic rings. The van der Waals surface area contributed by atoms with Crippen LogP contribution in [0.1, 0.15) is 24.1 Å². The van der Waals surface area contributed by atoms with Crippen molar-refractivity contribution < 1.29 is 4.79 Å². The Kier molecular flexibility index (Phi) is 9.96. The van der Waals surface area contributed by atoms with Crippen molar-refractivity contribution in [2.75, 3.05) is 33.2 Å². The first kappa shape index (κ1) is 22.2. The van der Waals surface area contributed by atoms with Crippen molar-refractivity contribution >= 4 is 18.3 Å². The van der Waals surface area contributed by atoms with Gasteiger partial charge in [-0.3, -0.25) is 9.69 Å². The molecule has 1 unspecified atom stereocenters. The molecule has 2 N–H and O–H groups in total. The van der Waals surface area contributed by atoms with Crippen LogP contribution in [-0.2, 0) is 11.2 Å². The van der Waals surface area contributed by atoms with Gasteiger partial charge in [0.1, 0.15) is 0 Å². The zero-order chi connectivity index (χ0) is 18.1. The SMILES string of the molecule is CC(c1ccccc1)N(C)C(=O)CN(CCN)CCc1ccccc1.Cl. The second-order valence-corrected chi connectivity index (χ2v) is 6.39. The molecule has 0 aromatic heterocycles. The van der Waals surface area contributed by atoms with Crippen LogP contribution in [0.4, 0.5) is 0 Å². The van der Waals surface area contributed by atoms with Gasteiger partial charge in [-0.05, 0) is 24.5 Å². The van der Waals surface area contributed by atoms with Crippen molar-refractivity contribution in [2.24, 2.45) is 5.73 Å². The van der Waals surface area contributed by atoms with Gasteiger partial charge < -0.3 is 10.6 Å². The minimum Gasteiger partial charge on any atom is -0.338 e. The molecule has 142 valence electrons. The lowest BCUT2D eigenvalue weighted by molar-refractivity contribution is -0.133. The minimum absolute atomic E-state index is 0. The molecule has 0 fully saturated rings. The second-order valence-electron chi connectivity index (χ2n) is 6.39. The van der Waals surface area contributed by atoms with Crippen LogP contribution in [0.5, 0.6) is 0 Å². The highest BCUT2D eigenvalue weighted by atomic mass is 35.5. The van der Waals surface area contributed by atoms with E-state index >= 15 is 0 Å². The average molecular weight is 376 g/mol. The van der Waals surface area contributed by atoms with E-state index in [9.17, 15) is 4.79 Å². The van der Waals surface area contributed by atoms with Gasteiger partial charge in [-0.25, -0.2) is 0 Å². The first-order valence-electron chi connectivity index (χ1n) is 8.88. The van der Waals surface area contributed by atoms with E-state index in [1.54, 1.807) is 0 Å². The monoisotopic (exact) mass is 375 g/mol. The van der Waals surface area contributed by atoms with Gasteiger partial charge in [0.25, 0.3) is 0 Å². The van der Waals surface area contributed by atoms with Crippen LogP contribution in [0, 0.1) is 0 Å². The maximum absolute atomic E-state index is 12.7. The number of halogens is 1. The van der Waals surface area contributed by atoms with E-state index in [-0.39, 0.29) is 24.4 Å². The molecule has 0 spiro atoms. The maximum atomic E-state index is 12.7. The summed E-state index contributed by atoms with van der Waals surface area (Å²) in [5, 5.41) is 0. The van der Waals surface area contributed by atoms with Crippen molar-refractivity contribution in [3.05, 3.63) is 71.8 Å². The van der Waals surface area contributed by atoms with Crippen LogP contribution < -0.4 is 5.73 Å². The summed E-state index contributed by atoms with van der Waals surface area (Å²) in [6, 6.07) is 20.5. The fourth-order valence-electron chi connectivity index (χ4n) is 2.86. The van der Waals surface area contributed by atoms with Gasteiger partial charge in [-0.1, -0.05) is 60.7 Å². The molecule has 1 atom stereocenters. The van der Waals surface area contributed by atoms with Crippen LogP contribution in [0.25, 0.3) is 0 Å². The van der Waals surface area contributed by atoms with Crippen molar-refractivity contribution in [3.63, 3.8) is 0 Å². The number of amides is 1. The van der Waals surface area contributed by atoms with E-state index < -0.39 is 0 Å². The van der Waals surface area contributed by atoms with Gasteiger partial charge in [0.15, 0.2) is 0 Å². The standard InChI is InChI=1S/C21H29N3O.ClH/c1-18(20-11-7-4-8-12-20)23(2)21(25)17-24(16-14-22)15-13-19-9-5-3-6-10-19;/h3-12,18H,13-17,22H2,1-2H3;1H. The smallest absolute Gasteiger partial charge is 0.236 e. The number of nitrogens with zero attached hydrogens (tertiary/aromatic N) is 2. The summed E-state index contributed by atoms with van der Waals surface area (Å²) >= 11 is 0. The molecule has 2 aromatic carbocycles. The summed E-state index contributed by atoms with van der Waals surface area (Å²) in [5.74, 6) is 0.123. The van der Waals surface area contributed by atoms with Gasteiger partial charge in [0.05, 0.1) is 12.6 Å². The van der Waals surface area contributed by atoms with Gasteiger partial charge in [-0.15, -0.1) is 12.4 Å². The molecule has 2 aromatic rings. The van der Waals surface area contributed by atoms with E-state index in [0.29, 0.717) is 13.1 Å². The lowest BCUT2D eigenvalue weighted by Gasteiger charge is -2.29. The molecule has 4 nitrogen and oxygen atoms in total. The van der Waals surface area contributed by atoms with E-state index in [1.165, 1.54) is 5.56 Å². The lowest BCUT2D eigenvalue weighted by Crippen LogP contribution is -2.42. The zero-order valence-electron chi connectivity index (χ0n) is 15.7. The van der Waals surface area contributed by atoms with Crippen molar-refractivity contribution in [3.8, 4) is 0 Å². The Morgan fingerprint density at radius 3 is 2.15 bits per heavy atom. The Morgan fingerprint density at radius 1 is 1.00 bits per heavy atom. The quantitative estimate of drug-likeness (QED) is 0.732. The Balaban J connectivity index is 0.00000338. The van der Waals surface area contributed by atoms with E-state index in [2.05, 4.69) is 36.1 Å². The fourth-order valence-corrected chi connectivity index (χ4v) is 2.86. The van der Waals surface area contributed by atoms with Crippen LogP contribution in [0.2, 0.25) is 0 Å². The highest BCUT2D eigenvalue weighted by Crippen LogP contribution is 2.18.